The normalized spacial score (nSPS) is 26.2. The molecule has 0 radical (unpaired) electrons. The summed E-state index contributed by atoms with van der Waals surface area (Å²) >= 11 is 0. The standard InChI is InChI=1S/C11H17N3O2/c1-7(12)8-13-9(15)11(10(16)14-8)5-3-2-4-6-11/h7H,2-6,12H2,1H3,(H,13,14,15,16). The van der Waals surface area contributed by atoms with Crippen molar-refractivity contribution in [1.82, 2.24) is 5.32 Å². The van der Waals surface area contributed by atoms with Crippen molar-refractivity contribution in [2.24, 2.45) is 16.1 Å². The van der Waals surface area contributed by atoms with Gasteiger partial charge in [-0.05, 0) is 19.8 Å². The highest BCUT2D eigenvalue weighted by atomic mass is 16.2. The molecule has 0 aromatic carbocycles. The van der Waals surface area contributed by atoms with Crippen LogP contribution in [0.4, 0.5) is 0 Å². The molecule has 5 heteroatoms. The molecule has 1 spiro atoms. The highest BCUT2D eigenvalue weighted by Gasteiger charge is 2.49. The monoisotopic (exact) mass is 223 g/mol. The van der Waals surface area contributed by atoms with Crippen LogP contribution in [-0.4, -0.2) is 23.7 Å². The molecule has 1 heterocycles. The van der Waals surface area contributed by atoms with Gasteiger partial charge in [0.25, 0.3) is 5.91 Å². The van der Waals surface area contributed by atoms with Crippen LogP contribution in [0.5, 0.6) is 0 Å². The van der Waals surface area contributed by atoms with Crippen molar-refractivity contribution >= 4 is 17.6 Å². The second-order valence-corrected chi connectivity index (χ2v) is 4.69. The number of hydrogen-bond acceptors (Lipinski definition) is 3. The van der Waals surface area contributed by atoms with Crippen LogP contribution in [0.25, 0.3) is 0 Å². The number of hydrogen-bond donors (Lipinski definition) is 2. The number of nitrogens with zero attached hydrogens (tertiary/aromatic N) is 1. The topological polar surface area (TPSA) is 84.5 Å². The number of carbonyl (C=O) groups excluding carboxylic acids is 2. The molecular formula is C11H17N3O2. The van der Waals surface area contributed by atoms with E-state index in [4.69, 9.17) is 5.73 Å². The third-order valence-corrected chi connectivity index (χ3v) is 3.45. The highest BCUT2D eigenvalue weighted by Crippen LogP contribution is 2.39. The van der Waals surface area contributed by atoms with Gasteiger partial charge in [0.15, 0.2) is 0 Å². The highest BCUT2D eigenvalue weighted by molar-refractivity contribution is 6.19. The van der Waals surface area contributed by atoms with Gasteiger partial charge in [-0.3, -0.25) is 9.59 Å². The average molecular weight is 223 g/mol. The van der Waals surface area contributed by atoms with Crippen LogP contribution >= 0.6 is 0 Å². The number of rotatable bonds is 1. The van der Waals surface area contributed by atoms with Gasteiger partial charge in [0.2, 0.25) is 5.91 Å². The lowest BCUT2D eigenvalue weighted by Gasteiger charge is -2.36. The first kappa shape index (κ1) is 11.3. The van der Waals surface area contributed by atoms with Crippen LogP contribution in [0.3, 0.4) is 0 Å². The quantitative estimate of drug-likeness (QED) is 0.628. The zero-order valence-electron chi connectivity index (χ0n) is 9.45. The number of nitrogens with one attached hydrogen (secondary N) is 1. The Kier molecular flexibility index (Phi) is 2.80. The Morgan fingerprint density at radius 1 is 1.31 bits per heavy atom. The molecule has 0 aromatic heterocycles. The van der Waals surface area contributed by atoms with Crippen molar-refractivity contribution in [3.8, 4) is 0 Å². The van der Waals surface area contributed by atoms with E-state index in [9.17, 15) is 9.59 Å². The fraction of sp³-hybridized carbons (Fsp3) is 0.727. The van der Waals surface area contributed by atoms with Crippen LogP contribution in [0.15, 0.2) is 4.99 Å². The number of amides is 2. The molecule has 0 bridgehead atoms. The van der Waals surface area contributed by atoms with Crippen LogP contribution in [0.2, 0.25) is 0 Å². The predicted molar refractivity (Wildman–Crippen MR) is 59.8 cm³/mol. The van der Waals surface area contributed by atoms with E-state index in [1.165, 1.54) is 0 Å². The number of nitrogens with two attached hydrogens (primary N) is 1. The fourth-order valence-electron chi connectivity index (χ4n) is 2.39. The molecule has 1 aliphatic heterocycles. The molecule has 2 aliphatic rings. The summed E-state index contributed by atoms with van der Waals surface area (Å²) in [5, 5.41) is 2.67. The molecule has 1 saturated carbocycles. The molecule has 88 valence electrons. The first-order valence-electron chi connectivity index (χ1n) is 5.76. The zero-order chi connectivity index (χ0) is 11.8. The lowest BCUT2D eigenvalue weighted by molar-refractivity contribution is -0.144. The molecule has 3 N–H and O–H groups in total. The van der Waals surface area contributed by atoms with E-state index in [0.717, 1.165) is 19.3 Å². The van der Waals surface area contributed by atoms with Gasteiger partial charge < -0.3 is 11.1 Å². The van der Waals surface area contributed by atoms with E-state index < -0.39 is 11.5 Å². The van der Waals surface area contributed by atoms with E-state index in [-0.39, 0.29) is 11.8 Å². The zero-order valence-corrected chi connectivity index (χ0v) is 9.45. The van der Waals surface area contributed by atoms with E-state index in [2.05, 4.69) is 10.3 Å². The molecular weight excluding hydrogens is 206 g/mol. The molecule has 5 nitrogen and oxygen atoms in total. The summed E-state index contributed by atoms with van der Waals surface area (Å²) in [6.45, 7) is 1.70. The van der Waals surface area contributed by atoms with E-state index in [1.807, 2.05) is 0 Å². The van der Waals surface area contributed by atoms with Crippen molar-refractivity contribution in [3.05, 3.63) is 0 Å². The Labute approximate surface area is 94.5 Å². The van der Waals surface area contributed by atoms with E-state index >= 15 is 0 Å². The largest absolute Gasteiger partial charge is 0.322 e. The summed E-state index contributed by atoms with van der Waals surface area (Å²) in [5.41, 5.74) is 4.72. The van der Waals surface area contributed by atoms with Crippen molar-refractivity contribution < 1.29 is 9.59 Å². The lowest BCUT2D eigenvalue weighted by atomic mass is 9.72. The van der Waals surface area contributed by atoms with Gasteiger partial charge >= 0.3 is 0 Å². The Morgan fingerprint density at radius 3 is 2.44 bits per heavy atom. The van der Waals surface area contributed by atoms with E-state index in [1.54, 1.807) is 6.92 Å². The van der Waals surface area contributed by atoms with Crippen LogP contribution < -0.4 is 11.1 Å². The predicted octanol–water partition coefficient (Wildman–Crippen LogP) is 0.339. The maximum atomic E-state index is 12.0. The minimum absolute atomic E-state index is 0.209. The number of carbonyl (C=O) groups is 2. The summed E-state index contributed by atoms with van der Waals surface area (Å²) in [5.74, 6) is -0.214. The van der Waals surface area contributed by atoms with Crippen LogP contribution in [0, 0.1) is 5.41 Å². The van der Waals surface area contributed by atoms with Crippen LogP contribution in [0.1, 0.15) is 39.0 Å². The Balaban J connectivity index is 2.30. The van der Waals surface area contributed by atoms with Gasteiger partial charge in [0, 0.05) is 0 Å². The first-order chi connectivity index (χ1) is 7.56. The molecule has 1 aliphatic carbocycles. The minimum atomic E-state index is -0.892. The number of amidine groups is 1. The van der Waals surface area contributed by atoms with Gasteiger partial charge in [-0.2, -0.15) is 4.99 Å². The average Bonchev–Trinajstić information content (AvgIpc) is 2.27. The van der Waals surface area contributed by atoms with Crippen molar-refractivity contribution in [1.29, 1.82) is 0 Å². The second kappa shape index (κ2) is 3.97. The summed E-state index contributed by atoms with van der Waals surface area (Å²) < 4.78 is 0. The van der Waals surface area contributed by atoms with Gasteiger partial charge in [-0.25, -0.2) is 0 Å². The first-order valence-corrected chi connectivity index (χ1v) is 5.76. The molecule has 0 aromatic rings. The fourth-order valence-corrected chi connectivity index (χ4v) is 2.39. The van der Waals surface area contributed by atoms with Crippen LogP contribution in [-0.2, 0) is 9.59 Å². The lowest BCUT2D eigenvalue weighted by Crippen LogP contribution is -2.56. The van der Waals surface area contributed by atoms with Gasteiger partial charge in [-0.1, -0.05) is 19.3 Å². The third-order valence-electron chi connectivity index (χ3n) is 3.45. The molecule has 2 amide bonds. The Bertz CT molecular complexity index is 354. The summed E-state index contributed by atoms with van der Waals surface area (Å²) in [7, 11) is 0. The van der Waals surface area contributed by atoms with E-state index in [0.29, 0.717) is 18.7 Å². The van der Waals surface area contributed by atoms with Gasteiger partial charge in [0.05, 0.1) is 6.04 Å². The van der Waals surface area contributed by atoms with Crippen molar-refractivity contribution in [2.45, 2.75) is 45.1 Å². The smallest absolute Gasteiger partial charge is 0.263 e. The van der Waals surface area contributed by atoms with Crippen molar-refractivity contribution in [2.75, 3.05) is 0 Å². The summed E-state index contributed by atoms with van der Waals surface area (Å²) in [6, 6.07) is -0.408. The Morgan fingerprint density at radius 2 is 1.94 bits per heavy atom. The van der Waals surface area contributed by atoms with Gasteiger partial charge in [0.1, 0.15) is 11.3 Å². The van der Waals surface area contributed by atoms with Crippen molar-refractivity contribution in [3.63, 3.8) is 0 Å². The molecule has 1 unspecified atom stereocenters. The Hall–Kier alpha value is -1.23. The number of aliphatic imine (C=N–C) groups is 1. The molecule has 2 rings (SSSR count). The summed E-state index contributed by atoms with van der Waals surface area (Å²) in [6.07, 6.45) is 4.16. The molecule has 1 atom stereocenters. The summed E-state index contributed by atoms with van der Waals surface area (Å²) in [4.78, 5) is 28.0. The maximum Gasteiger partial charge on any atom is 0.263 e. The molecule has 1 fully saturated rings. The van der Waals surface area contributed by atoms with Gasteiger partial charge in [-0.15, -0.1) is 0 Å². The SMILES string of the molecule is CC(N)C1=NC(=O)C2(CCCCC2)C(=O)N1. The third kappa shape index (κ3) is 1.65. The second-order valence-electron chi connectivity index (χ2n) is 4.69. The molecule has 16 heavy (non-hydrogen) atoms. The molecule has 0 saturated heterocycles. The minimum Gasteiger partial charge on any atom is -0.322 e. The maximum absolute atomic E-state index is 12.0.